The molecule has 0 fully saturated rings. The van der Waals surface area contributed by atoms with E-state index in [1.165, 1.54) is 0 Å². The number of rotatable bonds is 5. The molecule has 0 bridgehead atoms. The summed E-state index contributed by atoms with van der Waals surface area (Å²) in [7, 11) is 0. The summed E-state index contributed by atoms with van der Waals surface area (Å²) in [5.74, 6) is 0.0431. The standard InChI is InChI=1S/C27H24N4O2.Na.H/c1-4-24-30-25-16(2)14-17(3)28-26(25)31(24)15-18-8-7-11-22-19(18)12-13-23(29-22)20-9-5-6-10-21(20)27(32)33;;/h5-14H,4,15H2,1-3H3,(H,32,33);;/q;+1;-1. The Kier molecular flexibility index (Phi) is 6.84. The number of aryl methyl sites for hydroxylation is 3. The molecule has 166 valence electrons. The topological polar surface area (TPSA) is 80.9 Å². The molecule has 34 heavy (non-hydrogen) atoms. The second-order valence-corrected chi connectivity index (χ2v) is 8.25. The van der Waals surface area contributed by atoms with Crippen molar-refractivity contribution in [3.8, 4) is 11.3 Å². The van der Waals surface area contributed by atoms with E-state index in [-0.39, 0.29) is 36.5 Å². The van der Waals surface area contributed by atoms with Crippen LogP contribution in [0.25, 0.3) is 33.3 Å². The van der Waals surface area contributed by atoms with Gasteiger partial charge in [-0.3, -0.25) is 0 Å². The van der Waals surface area contributed by atoms with Gasteiger partial charge in [0, 0.05) is 23.1 Å². The van der Waals surface area contributed by atoms with E-state index in [9.17, 15) is 9.90 Å². The molecule has 0 saturated heterocycles. The van der Waals surface area contributed by atoms with E-state index in [0.29, 0.717) is 17.8 Å². The zero-order chi connectivity index (χ0) is 23.1. The van der Waals surface area contributed by atoms with E-state index in [2.05, 4.69) is 30.5 Å². The minimum atomic E-state index is -0.960. The molecule has 0 aliphatic rings. The zero-order valence-corrected chi connectivity index (χ0v) is 21.8. The first kappa shape index (κ1) is 24.1. The van der Waals surface area contributed by atoms with Crippen LogP contribution in [0, 0.1) is 13.8 Å². The maximum atomic E-state index is 11.7. The quantitative estimate of drug-likeness (QED) is 0.408. The fraction of sp³-hybridized carbons (Fsp3) is 0.185. The first-order valence-electron chi connectivity index (χ1n) is 11.0. The van der Waals surface area contributed by atoms with Crippen LogP contribution < -0.4 is 29.6 Å². The average Bonchev–Trinajstić information content (AvgIpc) is 3.16. The van der Waals surface area contributed by atoms with Crippen LogP contribution >= 0.6 is 0 Å². The van der Waals surface area contributed by atoms with Crippen LogP contribution in [0.15, 0.2) is 60.7 Å². The van der Waals surface area contributed by atoms with Crippen molar-refractivity contribution in [2.75, 3.05) is 0 Å². The zero-order valence-electron chi connectivity index (χ0n) is 20.8. The summed E-state index contributed by atoms with van der Waals surface area (Å²) in [5, 5.41) is 10.6. The maximum absolute atomic E-state index is 11.7. The van der Waals surface area contributed by atoms with Crippen LogP contribution in [-0.2, 0) is 13.0 Å². The molecule has 6 nitrogen and oxygen atoms in total. The molecule has 7 heteroatoms. The number of nitrogens with zero attached hydrogens (tertiary/aromatic N) is 4. The number of carboxylic acids is 1. The summed E-state index contributed by atoms with van der Waals surface area (Å²) in [6.45, 7) is 6.83. The van der Waals surface area contributed by atoms with Crippen molar-refractivity contribution in [1.29, 1.82) is 0 Å². The molecule has 0 unspecified atom stereocenters. The number of pyridine rings is 2. The van der Waals surface area contributed by atoms with Crippen LogP contribution in [0.3, 0.4) is 0 Å². The molecule has 0 aliphatic carbocycles. The molecule has 1 N–H and O–H groups in total. The van der Waals surface area contributed by atoms with Gasteiger partial charge in [0.1, 0.15) is 11.3 Å². The van der Waals surface area contributed by atoms with E-state index in [4.69, 9.17) is 15.0 Å². The summed E-state index contributed by atoms with van der Waals surface area (Å²) in [5.41, 5.74) is 7.41. The number of carbonyl (C=O) groups is 1. The molecule has 0 atom stereocenters. The molecule has 5 aromatic rings. The Balaban J connectivity index is 0.00000171. The van der Waals surface area contributed by atoms with E-state index < -0.39 is 5.97 Å². The molecule has 0 saturated carbocycles. The van der Waals surface area contributed by atoms with E-state index >= 15 is 0 Å². The van der Waals surface area contributed by atoms with Gasteiger partial charge < -0.3 is 11.1 Å². The van der Waals surface area contributed by atoms with Crippen molar-refractivity contribution in [2.24, 2.45) is 0 Å². The van der Waals surface area contributed by atoms with Crippen molar-refractivity contribution in [3.63, 3.8) is 0 Å². The first-order chi connectivity index (χ1) is 16.0. The molecule has 5 rings (SSSR count). The number of carboxylic acid groups (broad SMARTS) is 1. The molecule has 0 aliphatic heterocycles. The number of benzene rings is 2. The Morgan fingerprint density at radius 3 is 2.56 bits per heavy atom. The van der Waals surface area contributed by atoms with E-state index in [1.54, 1.807) is 18.2 Å². The van der Waals surface area contributed by atoms with Gasteiger partial charge in [0.15, 0.2) is 5.65 Å². The predicted molar refractivity (Wildman–Crippen MR) is 131 cm³/mol. The molecule has 3 aromatic heterocycles. The van der Waals surface area contributed by atoms with Gasteiger partial charge in [-0.15, -0.1) is 0 Å². The van der Waals surface area contributed by atoms with Gasteiger partial charge in [0.05, 0.1) is 23.3 Å². The summed E-state index contributed by atoms with van der Waals surface area (Å²) < 4.78 is 2.19. The second-order valence-electron chi connectivity index (χ2n) is 8.25. The summed E-state index contributed by atoms with van der Waals surface area (Å²) in [6.07, 6.45) is 0.813. The maximum Gasteiger partial charge on any atom is 1.00 e. The van der Waals surface area contributed by atoms with Crippen molar-refractivity contribution < 1.29 is 40.9 Å². The molecule has 2 aromatic carbocycles. The van der Waals surface area contributed by atoms with Crippen LogP contribution in [0.2, 0.25) is 0 Å². The molecule has 0 amide bonds. The predicted octanol–water partition coefficient (Wildman–Crippen LogP) is 2.69. The Bertz CT molecular complexity index is 1550. The van der Waals surface area contributed by atoms with Gasteiger partial charge in [-0.05, 0) is 49.2 Å². The minimum absolute atomic E-state index is 0. The Labute approximate surface area is 221 Å². The van der Waals surface area contributed by atoms with Crippen LogP contribution in [-0.4, -0.2) is 30.6 Å². The van der Waals surface area contributed by atoms with E-state index in [1.807, 2.05) is 37.3 Å². The normalized spacial score (nSPS) is 11.0. The van der Waals surface area contributed by atoms with Gasteiger partial charge in [-0.25, -0.2) is 19.7 Å². The SMILES string of the molecule is CCc1nc2c(C)cc(C)nc2n1Cc1cccc2nc(-c3ccccc3C(=O)O)ccc12.[H-].[Na+]. The van der Waals surface area contributed by atoms with Crippen LogP contribution in [0.5, 0.6) is 0 Å². The van der Waals surface area contributed by atoms with Crippen molar-refractivity contribution in [3.05, 3.63) is 88.9 Å². The number of aromatic nitrogens is 4. The number of imidazole rings is 1. The van der Waals surface area contributed by atoms with Gasteiger partial charge in [-0.1, -0.05) is 43.3 Å². The molecular weight excluding hydrogens is 435 g/mol. The van der Waals surface area contributed by atoms with Crippen LogP contribution in [0.1, 0.15) is 41.4 Å². The number of aromatic carboxylic acids is 1. The van der Waals surface area contributed by atoms with Crippen molar-refractivity contribution in [2.45, 2.75) is 33.7 Å². The number of hydrogen-bond donors (Lipinski definition) is 1. The molecule has 0 radical (unpaired) electrons. The summed E-state index contributed by atoms with van der Waals surface area (Å²) in [6, 6.07) is 19.0. The van der Waals surface area contributed by atoms with Gasteiger partial charge in [0.2, 0.25) is 0 Å². The Hall–Kier alpha value is -3.06. The third-order valence-electron chi connectivity index (χ3n) is 6.00. The van der Waals surface area contributed by atoms with Gasteiger partial charge in [-0.2, -0.15) is 0 Å². The molecule has 0 spiro atoms. The Morgan fingerprint density at radius 1 is 1.00 bits per heavy atom. The second kappa shape index (κ2) is 9.66. The first-order valence-corrected chi connectivity index (χ1v) is 11.0. The minimum Gasteiger partial charge on any atom is -1.00 e. The Morgan fingerprint density at radius 2 is 1.79 bits per heavy atom. The van der Waals surface area contributed by atoms with E-state index in [0.717, 1.165) is 51.1 Å². The molecular formula is C27H25N4NaO2. The van der Waals surface area contributed by atoms with Gasteiger partial charge in [0.25, 0.3) is 0 Å². The van der Waals surface area contributed by atoms with Crippen molar-refractivity contribution >= 4 is 28.0 Å². The smallest absolute Gasteiger partial charge is 1.00 e. The van der Waals surface area contributed by atoms with Gasteiger partial charge >= 0.3 is 35.5 Å². The summed E-state index contributed by atoms with van der Waals surface area (Å²) in [4.78, 5) is 26.1. The third kappa shape index (κ3) is 4.25. The largest absolute Gasteiger partial charge is 1.00 e. The van der Waals surface area contributed by atoms with Crippen LogP contribution in [0.4, 0.5) is 0 Å². The monoisotopic (exact) mass is 460 g/mol. The van der Waals surface area contributed by atoms with Crippen molar-refractivity contribution in [1.82, 2.24) is 19.5 Å². The number of fused-ring (bicyclic) bond motifs is 2. The fourth-order valence-electron chi connectivity index (χ4n) is 4.45. The average molecular weight is 461 g/mol. The summed E-state index contributed by atoms with van der Waals surface area (Å²) >= 11 is 0. The third-order valence-corrected chi connectivity index (χ3v) is 6.00. The fourth-order valence-corrected chi connectivity index (χ4v) is 4.45. The molecule has 3 heterocycles. The number of hydrogen-bond acceptors (Lipinski definition) is 4.